The highest BCUT2D eigenvalue weighted by Crippen LogP contribution is 2.29. The predicted octanol–water partition coefficient (Wildman–Crippen LogP) is 2.76. The van der Waals surface area contributed by atoms with E-state index >= 15 is 4.39 Å². The van der Waals surface area contributed by atoms with Gasteiger partial charge in [0.25, 0.3) is 10.0 Å². The Bertz CT molecular complexity index is 1500. The molecule has 206 valence electrons. The molecule has 0 heterocycles. The second kappa shape index (κ2) is 12.9. The number of carbonyl (C=O) groups excluding carboxylic acids is 3. The lowest BCUT2D eigenvalue weighted by atomic mass is 9.97. The van der Waals surface area contributed by atoms with Crippen molar-refractivity contribution < 1.29 is 31.6 Å². The van der Waals surface area contributed by atoms with Gasteiger partial charge in [-0.2, -0.15) is 12.6 Å². The van der Waals surface area contributed by atoms with E-state index in [2.05, 4.69) is 17.9 Å². The lowest BCUT2D eigenvalue weighted by molar-refractivity contribution is -0.129. The third-order valence-corrected chi connectivity index (χ3v) is 7.85. The average Bonchev–Trinajstić information content (AvgIpc) is 2.88. The van der Waals surface area contributed by atoms with Crippen LogP contribution < -0.4 is 15.8 Å². The van der Waals surface area contributed by atoms with Crippen molar-refractivity contribution in [2.24, 2.45) is 11.7 Å². The van der Waals surface area contributed by atoms with Crippen molar-refractivity contribution in [1.82, 2.24) is 10.0 Å². The molecule has 3 amide bonds. The molecule has 3 rings (SSSR count). The molecule has 4 N–H and O–H groups in total. The van der Waals surface area contributed by atoms with Gasteiger partial charge in [-0.15, -0.1) is 0 Å². The van der Waals surface area contributed by atoms with E-state index < -0.39 is 51.3 Å². The number of amides is 3. The minimum atomic E-state index is -4.20. The molecule has 12 heteroatoms. The Kier molecular flexibility index (Phi) is 9.81. The Morgan fingerprint density at radius 3 is 2.18 bits per heavy atom. The van der Waals surface area contributed by atoms with E-state index in [0.29, 0.717) is 5.56 Å². The van der Waals surface area contributed by atoms with Crippen molar-refractivity contribution in [2.75, 3.05) is 5.75 Å². The molecule has 0 aliphatic rings. The van der Waals surface area contributed by atoms with Gasteiger partial charge in [-0.05, 0) is 41.3 Å². The average molecular weight is 576 g/mol. The SMILES string of the molecule is CC(=O)NS(=O)(=O)c1ccccc1-c1ccc(CC(NC(=O)[C@@H](CS)Cc2ccccc2F)C(N)=O)c(F)c1. The first kappa shape index (κ1) is 29.8. The summed E-state index contributed by atoms with van der Waals surface area (Å²) in [5.41, 5.74) is 6.19. The molecule has 1 unspecified atom stereocenters. The fourth-order valence-electron chi connectivity index (χ4n) is 3.97. The smallest absolute Gasteiger partial charge is 0.264 e. The van der Waals surface area contributed by atoms with Gasteiger partial charge in [-0.1, -0.05) is 48.5 Å². The quantitative estimate of drug-likeness (QED) is 0.261. The Labute approximate surface area is 230 Å². The number of halogens is 2. The van der Waals surface area contributed by atoms with E-state index in [1.54, 1.807) is 18.2 Å². The molecule has 0 saturated carbocycles. The maximum Gasteiger partial charge on any atom is 0.264 e. The summed E-state index contributed by atoms with van der Waals surface area (Å²) in [4.78, 5) is 36.1. The number of nitrogens with two attached hydrogens (primary N) is 1. The van der Waals surface area contributed by atoms with Crippen molar-refractivity contribution >= 4 is 40.4 Å². The van der Waals surface area contributed by atoms with Crippen LogP contribution in [0.5, 0.6) is 0 Å². The number of rotatable bonds is 11. The van der Waals surface area contributed by atoms with Gasteiger partial charge in [0.05, 0.1) is 10.8 Å². The molecule has 39 heavy (non-hydrogen) atoms. The van der Waals surface area contributed by atoms with E-state index in [1.165, 1.54) is 42.5 Å². The molecular weight excluding hydrogens is 548 g/mol. The van der Waals surface area contributed by atoms with E-state index in [0.717, 1.165) is 13.0 Å². The molecule has 3 aromatic carbocycles. The van der Waals surface area contributed by atoms with Crippen LogP contribution in [0.25, 0.3) is 11.1 Å². The van der Waals surface area contributed by atoms with Crippen molar-refractivity contribution in [2.45, 2.75) is 30.7 Å². The van der Waals surface area contributed by atoms with Crippen LogP contribution in [-0.4, -0.2) is 37.9 Å². The number of carbonyl (C=O) groups is 3. The number of sulfonamides is 1. The number of primary amides is 1. The first-order chi connectivity index (χ1) is 18.4. The van der Waals surface area contributed by atoms with Crippen LogP contribution in [0.4, 0.5) is 8.78 Å². The Morgan fingerprint density at radius 2 is 1.56 bits per heavy atom. The molecule has 0 radical (unpaired) electrons. The summed E-state index contributed by atoms with van der Waals surface area (Å²) in [6.07, 6.45) is -0.241. The summed E-state index contributed by atoms with van der Waals surface area (Å²) >= 11 is 4.18. The van der Waals surface area contributed by atoms with Crippen LogP contribution in [0.15, 0.2) is 71.6 Å². The zero-order valence-electron chi connectivity index (χ0n) is 20.9. The largest absolute Gasteiger partial charge is 0.368 e. The molecule has 8 nitrogen and oxygen atoms in total. The predicted molar refractivity (Wildman–Crippen MR) is 145 cm³/mol. The van der Waals surface area contributed by atoms with E-state index in [-0.39, 0.29) is 40.2 Å². The third-order valence-electron chi connectivity index (χ3n) is 5.92. The van der Waals surface area contributed by atoms with Gasteiger partial charge in [0.1, 0.15) is 17.7 Å². The fourth-order valence-corrected chi connectivity index (χ4v) is 5.48. The highest BCUT2D eigenvalue weighted by molar-refractivity contribution is 7.90. The summed E-state index contributed by atoms with van der Waals surface area (Å²) in [7, 11) is -4.20. The van der Waals surface area contributed by atoms with Crippen LogP contribution in [0.2, 0.25) is 0 Å². The Hall–Kier alpha value is -3.77. The zero-order valence-corrected chi connectivity index (χ0v) is 22.6. The summed E-state index contributed by atoms with van der Waals surface area (Å²) in [5, 5.41) is 2.51. The lowest BCUT2D eigenvalue weighted by Crippen LogP contribution is -2.48. The van der Waals surface area contributed by atoms with Gasteiger partial charge in [-0.25, -0.2) is 21.9 Å². The highest BCUT2D eigenvalue weighted by Gasteiger charge is 2.26. The van der Waals surface area contributed by atoms with Gasteiger partial charge < -0.3 is 11.1 Å². The monoisotopic (exact) mass is 575 g/mol. The molecule has 0 spiro atoms. The molecular formula is C27H27F2N3O5S2. The molecule has 3 aromatic rings. The summed E-state index contributed by atoms with van der Waals surface area (Å²) < 4.78 is 56.2. The minimum Gasteiger partial charge on any atom is -0.368 e. The Balaban J connectivity index is 1.82. The number of benzene rings is 3. The van der Waals surface area contributed by atoms with E-state index in [1.807, 2.05) is 4.72 Å². The second-order valence-corrected chi connectivity index (χ2v) is 10.8. The lowest BCUT2D eigenvalue weighted by Gasteiger charge is -2.21. The zero-order chi connectivity index (χ0) is 28.7. The third kappa shape index (κ3) is 7.64. The van der Waals surface area contributed by atoms with Crippen LogP contribution in [0, 0.1) is 17.6 Å². The molecule has 0 aliphatic carbocycles. The number of hydrogen-bond donors (Lipinski definition) is 4. The topological polar surface area (TPSA) is 135 Å². The first-order valence-corrected chi connectivity index (χ1v) is 13.9. The minimum absolute atomic E-state index is 0.0390. The second-order valence-electron chi connectivity index (χ2n) is 8.81. The van der Waals surface area contributed by atoms with Crippen LogP contribution >= 0.6 is 12.6 Å². The Morgan fingerprint density at radius 1 is 0.923 bits per heavy atom. The van der Waals surface area contributed by atoms with Gasteiger partial charge in [0, 0.05) is 24.7 Å². The maximum absolute atomic E-state index is 15.2. The van der Waals surface area contributed by atoms with Crippen molar-refractivity contribution in [1.29, 1.82) is 0 Å². The van der Waals surface area contributed by atoms with E-state index in [9.17, 15) is 27.2 Å². The number of nitrogens with one attached hydrogen (secondary N) is 2. The summed E-state index contributed by atoms with van der Waals surface area (Å²) in [5.74, 6) is -4.22. The van der Waals surface area contributed by atoms with E-state index in [4.69, 9.17) is 5.73 Å². The fraction of sp³-hybridized carbons (Fsp3) is 0.222. The van der Waals surface area contributed by atoms with Gasteiger partial charge in [0.2, 0.25) is 17.7 Å². The van der Waals surface area contributed by atoms with Crippen LogP contribution in [-0.2, 0) is 37.2 Å². The molecule has 0 fully saturated rings. The van der Waals surface area contributed by atoms with Crippen molar-refractivity contribution in [3.05, 3.63) is 89.5 Å². The molecule has 2 atom stereocenters. The standard InChI is InChI=1S/C27H27F2N3O5S2/c1-16(33)32-39(36,37)25-9-5-3-7-21(25)17-10-11-19(23(29)13-17)14-24(26(30)34)31-27(35)20(15-38)12-18-6-2-4-8-22(18)28/h2-11,13,20,24,38H,12,14-15H2,1H3,(H2,30,34)(H,31,35)(H,32,33)/t20-,24?/m1/s1. The molecule has 0 bridgehead atoms. The number of thiol groups is 1. The van der Waals surface area contributed by atoms with Crippen LogP contribution in [0.3, 0.4) is 0 Å². The molecule has 0 aliphatic heterocycles. The molecule has 0 aromatic heterocycles. The number of hydrogen-bond acceptors (Lipinski definition) is 6. The van der Waals surface area contributed by atoms with Gasteiger partial charge >= 0.3 is 0 Å². The highest BCUT2D eigenvalue weighted by atomic mass is 32.2. The normalized spacial score (nSPS) is 12.8. The van der Waals surface area contributed by atoms with Crippen LogP contribution in [0.1, 0.15) is 18.1 Å². The summed E-state index contributed by atoms with van der Waals surface area (Å²) in [6, 6.07) is 14.4. The van der Waals surface area contributed by atoms with Crippen molar-refractivity contribution in [3.8, 4) is 11.1 Å². The van der Waals surface area contributed by atoms with Gasteiger partial charge in [-0.3, -0.25) is 14.4 Å². The maximum atomic E-state index is 15.2. The van der Waals surface area contributed by atoms with Gasteiger partial charge in [0.15, 0.2) is 0 Å². The van der Waals surface area contributed by atoms with Crippen molar-refractivity contribution in [3.63, 3.8) is 0 Å². The summed E-state index contributed by atoms with van der Waals surface area (Å²) in [6.45, 7) is 1.06. The first-order valence-electron chi connectivity index (χ1n) is 11.8. The molecule has 0 saturated heterocycles.